The molecule has 3 rings (SSSR count). The van der Waals surface area contributed by atoms with Crippen LogP contribution in [-0.4, -0.2) is 4.98 Å². The Morgan fingerprint density at radius 1 is 0.955 bits per heavy atom. The van der Waals surface area contributed by atoms with Crippen molar-refractivity contribution in [2.24, 2.45) is 0 Å². The van der Waals surface area contributed by atoms with Gasteiger partial charge in [-0.25, -0.2) is 9.37 Å². The van der Waals surface area contributed by atoms with Gasteiger partial charge in [0.05, 0.1) is 11.3 Å². The number of halogens is 2. The van der Waals surface area contributed by atoms with Gasteiger partial charge in [0, 0.05) is 11.1 Å². The van der Waals surface area contributed by atoms with Gasteiger partial charge >= 0.3 is 0 Å². The second kappa shape index (κ2) is 6.08. The van der Waals surface area contributed by atoms with E-state index in [-0.39, 0.29) is 5.82 Å². The highest BCUT2D eigenvalue weighted by Crippen LogP contribution is 2.33. The van der Waals surface area contributed by atoms with Crippen LogP contribution in [-0.2, 0) is 0 Å². The smallest absolute Gasteiger partial charge is 0.124 e. The molecule has 22 heavy (non-hydrogen) atoms. The van der Waals surface area contributed by atoms with Crippen molar-refractivity contribution >= 4 is 15.9 Å². The Bertz CT molecular complexity index is 853. The van der Waals surface area contributed by atoms with Crippen LogP contribution < -0.4 is 0 Å². The van der Waals surface area contributed by atoms with Crippen LogP contribution in [0.2, 0.25) is 0 Å². The molecular formula is C18H10BrFN2. The molecule has 2 aromatic carbocycles. The molecule has 106 valence electrons. The minimum Gasteiger partial charge on any atom is -0.239 e. The summed E-state index contributed by atoms with van der Waals surface area (Å²) in [5, 5.41) is 9.22. The summed E-state index contributed by atoms with van der Waals surface area (Å²) in [4.78, 5) is 4.49. The number of pyridine rings is 1. The maximum atomic E-state index is 13.2. The quantitative estimate of drug-likeness (QED) is 0.595. The highest BCUT2D eigenvalue weighted by molar-refractivity contribution is 9.10. The van der Waals surface area contributed by atoms with Gasteiger partial charge in [-0.05, 0) is 51.8 Å². The third-order valence-electron chi connectivity index (χ3n) is 3.30. The van der Waals surface area contributed by atoms with Gasteiger partial charge in [0.1, 0.15) is 16.5 Å². The van der Waals surface area contributed by atoms with Crippen molar-refractivity contribution in [1.29, 1.82) is 5.26 Å². The molecular weight excluding hydrogens is 343 g/mol. The first-order chi connectivity index (χ1) is 10.7. The van der Waals surface area contributed by atoms with E-state index in [0.717, 1.165) is 16.7 Å². The molecule has 0 aliphatic heterocycles. The van der Waals surface area contributed by atoms with Gasteiger partial charge in [-0.15, -0.1) is 0 Å². The summed E-state index contributed by atoms with van der Waals surface area (Å²) in [5.41, 5.74) is 3.76. The lowest BCUT2D eigenvalue weighted by atomic mass is 9.98. The fourth-order valence-electron chi connectivity index (χ4n) is 2.23. The Hall–Kier alpha value is -2.51. The topological polar surface area (TPSA) is 36.7 Å². The number of hydrogen-bond donors (Lipinski definition) is 0. The lowest BCUT2D eigenvalue weighted by molar-refractivity contribution is 0.628. The molecule has 2 nitrogen and oxygen atoms in total. The molecule has 1 aromatic heterocycles. The Morgan fingerprint density at radius 2 is 1.64 bits per heavy atom. The maximum absolute atomic E-state index is 13.2. The van der Waals surface area contributed by atoms with Crippen LogP contribution in [0.4, 0.5) is 4.39 Å². The summed E-state index contributed by atoms with van der Waals surface area (Å²) in [7, 11) is 0. The molecule has 0 saturated heterocycles. The average molecular weight is 353 g/mol. The molecule has 0 unspecified atom stereocenters. The molecule has 0 N–H and O–H groups in total. The number of nitriles is 1. The van der Waals surface area contributed by atoms with Crippen LogP contribution in [0.1, 0.15) is 5.56 Å². The predicted octanol–water partition coefficient (Wildman–Crippen LogP) is 5.19. The van der Waals surface area contributed by atoms with E-state index in [1.165, 1.54) is 12.1 Å². The molecule has 0 fully saturated rings. The van der Waals surface area contributed by atoms with Gasteiger partial charge in [0.25, 0.3) is 0 Å². The molecule has 0 atom stereocenters. The standard InChI is InChI=1S/C18H10BrFN2/c19-18-14(11-21)10-16(12-4-2-1-3-5-12)17(22-18)13-6-8-15(20)9-7-13/h1-10H. The highest BCUT2D eigenvalue weighted by Gasteiger charge is 2.13. The molecule has 0 spiro atoms. The second-order valence-electron chi connectivity index (χ2n) is 4.71. The van der Waals surface area contributed by atoms with Crippen molar-refractivity contribution in [3.63, 3.8) is 0 Å². The van der Waals surface area contributed by atoms with Gasteiger partial charge in [0.15, 0.2) is 0 Å². The molecule has 3 aromatic rings. The van der Waals surface area contributed by atoms with E-state index in [0.29, 0.717) is 15.9 Å². The van der Waals surface area contributed by atoms with E-state index in [2.05, 4.69) is 27.0 Å². The first kappa shape index (κ1) is 14.4. The summed E-state index contributed by atoms with van der Waals surface area (Å²) in [6.07, 6.45) is 0. The normalized spacial score (nSPS) is 10.2. The molecule has 1 heterocycles. The zero-order valence-electron chi connectivity index (χ0n) is 11.4. The largest absolute Gasteiger partial charge is 0.239 e. The van der Waals surface area contributed by atoms with Crippen molar-refractivity contribution in [1.82, 2.24) is 4.98 Å². The minimum absolute atomic E-state index is 0.294. The van der Waals surface area contributed by atoms with Crippen LogP contribution in [0.3, 0.4) is 0 Å². The molecule has 0 saturated carbocycles. The first-order valence-corrected chi connectivity index (χ1v) is 7.40. The third kappa shape index (κ3) is 2.76. The highest BCUT2D eigenvalue weighted by atomic mass is 79.9. The number of hydrogen-bond acceptors (Lipinski definition) is 2. The van der Waals surface area contributed by atoms with Crippen molar-refractivity contribution in [3.8, 4) is 28.5 Å². The van der Waals surface area contributed by atoms with E-state index in [4.69, 9.17) is 0 Å². The average Bonchev–Trinajstić information content (AvgIpc) is 2.56. The van der Waals surface area contributed by atoms with E-state index in [1.54, 1.807) is 18.2 Å². The predicted molar refractivity (Wildman–Crippen MR) is 87.5 cm³/mol. The molecule has 4 heteroatoms. The van der Waals surface area contributed by atoms with Gasteiger partial charge in [-0.1, -0.05) is 30.3 Å². The van der Waals surface area contributed by atoms with E-state index in [1.807, 2.05) is 30.3 Å². The fraction of sp³-hybridized carbons (Fsp3) is 0. The van der Waals surface area contributed by atoms with Crippen molar-refractivity contribution in [2.45, 2.75) is 0 Å². The van der Waals surface area contributed by atoms with E-state index in [9.17, 15) is 9.65 Å². The SMILES string of the molecule is N#Cc1cc(-c2ccccc2)c(-c2ccc(F)cc2)nc1Br. The van der Waals surface area contributed by atoms with Crippen LogP contribution in [0.25, 0.3) is 22.4 Å². The monoisotopic (exact) mass is 352 g/mol. The lowest BCUT2D eigenvalue weighted by Crippen LogP contribution is -1.94. The Kier molecular flexibility index (Phi) is 3.99. The van der Waals surface area contributed by atoms with Gasteiger partial charge < -0.3 is 0 Å². The summed E-state index contributed by atoms with van der Waals surface area (Å²) in [5.74, 6) is -0.294. The Morgan fingerprint density at radius 3 is 2.27 bits per heavy atom. The van der Waals surface area contributed by atoms with Crippen LogP contribution in [0.5, 0.6) is 0 Å². The van der Waals surface area contributed by atoms with E-state index < -0.39 is 0 Å². The molecule has 0 aliphatic rings. The van der Waals surface area contributed by atoms with Crippen molar-refractivity contribution < 1.29 is 4.39 Å². The lowest BCUT2D eigenvalue weighted by Gasteiger charge is -2.11. The Labute approximate surface area is 136 Å². The van der Waals surface area contributed by atoms with Crippen molar-refractivity contribution in [3.05, 3.63) is 76.6 Å². The number of benzene rings is 2. The van der Waals surface area contributed by atoms with E-state index >= 15 is 0 Å². The van der Waals surface area contributed by atoms with Crippen molar-refractivity contribution in [2.75, 3.05) is 0 Å². The van der Waals surface area contributed by atoms with Gasteiger partial charge in [-0.2, -0.15) is 5.26 Å². The summed E-state index contributed by atoms with van der Waals surface area (Å²) >= 11 is 3.32. The number of aromatic nitrogens is 1. The molecule has 0 aliphatic carbocycles. The Balaban J connectivity index is 2.27. The number of nitrogens with zero attached hydrogens (tertiary/aromatic N) is 2. The van der Waals surface area contributed by atoms with Crippen LogP contribution in [0, 0.1) is 17.1 Å². The summed E-state index contributed by atoms with van der Waals surface area (Å²) in [6.45, 7) is 0. The summed E-state index contributed by atoms with van der Waals surface area (Å²) < 4.78 is 13.6. The zero-order valence-corrected chi connectivity index (χ0v) is 13.0. The zero-order chi connectivity index (χ0) is 15.5. The van der Waals surface area contributed by atoms with Gasteiger partial charge in [-0.3, -0.25) is 0 Å². The first-order valence-electron chi connectivity index (χ1n) is 6.61. The van der Waals surface area contributed by atoms with Gasteiger partial charge in [0.2, 0.25) is 0 Å². The fourth-order valence-corrected chi connectivity index (χ4v) is 2.62. The summed E-state index contributed by atoms with van der Waals surface area (Å²) in [6, 6.07) is 19.8. The molecule has 0 amide bonds. The second-order valence-corrected chi connectivity index (χ2v) is 5.46. The van der Waals surface area contributed by atoms with Crippen LogP contribution in [0.15, 0.2) is 65.3 Å². The maximum Gasteiger partial charge on any atom is 0.124 e. The minimum atomic E-state index is -0.294. The molecule has 0 bridgehead atoms. The molecule has 0 radical (unpaired) electrons. The van der Waals surface area contributed by atoms with Crippen LogP contribution >= 0.6 is 15.9 Å². The number of rotatable bonds is 2. The third-order valence-corrected chi connectivity index (χ3v) is 3.90.